The topological polar surface area (TPSA) is 95.2 Å². The number of hydrogen-bond donors (Lipinski definition) is 2. The molecule has 1 aromatic heterocycles. The molecule has 170 valence electrons. The van der Waals surface area contributed by atoms with Crippen molar-refractivity contribution in [2.45, 2.75) is 43.3 Å². The first-order chi connectivity index (χ1) is 15.3. The number of aryl methyl sites for hydroxylation is 1. The Labute approximate surface area is 193 Å². The lowest BCUT2D eigenvalue weighted by molar-refractivity contribution is -0.113. The van der Waals surface area contributed by atoms with Crippen LogP contribution in [0, 0.1) is 6.92 Å². The zero-order chi connectivity index (χ0) is 22.7. The number of H-pyrrole nitrogens is 1. The highest BCUT2D eigenvalue weighted by Crippen LogP contribution is 2.29. The number of hydrogen-bond acceptors (Lipinski definition) is 5. The number of benzene rings is 2. The van der Waals surface area contributed by atoms with Gasteiger partial charge in [0.2, 0.25) is 15.9 Å². The first-order valence-corrected chi connectivity index (χ1v) is 13.3. The van der Waals surface area contributed by atoms with Gasteiger partial charge in [-0.1, -0.05) is 24.6 Å². The van der Waals surface area contributed by atoms with Gasteiger partial charge in [-0.25, -0.2) is 13.4 Å². The summed E-state index contributed by atoms with van der Waals surface area (Å²) in [4.78, 5) is 20.7. The summed E-state index contributed by atoms with van der Waals surface area (Å²) >= 11 is 1.48. The van der Waals surface area contributed by atoms with Crippen LogP contribution in [0.3, 0.4) is 0 Å². The quantitative estimate of drug-likeness (QED) is 0.529. The normalized spacial score (nSPS) is 16.2. The smallest absolute Gasteiger partial charge is 0.243 e. The number of aromatic nitrogens is 2. The van der Waals surface area contributed by atoms with Crippen LogP contribution < -0.4 is 5.32 Å². The number of rotatable bonds is 7. The number of nitrogens with one attached hydrogen (secondary N) is 2. The highest BCUT2D eigenvalue weighted by atomic mass is 32.2. The van der Waals surface area contributed by atoms with Crippen molar-refractivity contribution in [3.63, 3.8) is 0 Å². The molecule has 1 saturated heterocycles. The molecule has 0 spiro atoms. The summed E-state index contributed by atoms with van der Waals surface area (Å²) in [6.45, 7) is 4.89. The van der Waals surface area contributed by atoms with Crippen molar-refractivity contribution in [3.05, 3.63) is 53.9 Å². The van der Waals surface area contributed by atoms with Crippen LogP contribution in [0.2, 0.25) is 0 Å². The maximum Gasteiger partial charge on any atom is 0.243 e. The van der Waals surface area contributed by atoms with E-state index in [1.54, 1.807) is 29.4 Å². The third-order valence-corrected chi connectivity index (χ3v) is 8.85. The van der Waals surface area contributed by atoms with E-state index in [1.165, 1.54) is 11.8 Å². The molecule has 0 unspecified atom stereocenters. The standard InChI is InChI=1S/C23H28N4O3S2/c1-16-10-11-18(14-21(16)32(29,30)27-12-6-3-7-13-27)24-22(28)15-31-17(2)23-25-19-8-4-5-9-20(19)26-23/h4-5,8-11,14,17H,3,6-7,12-13,15H2,1-2H3,(H,24,28)(H,25,26)/t17-/m0/s1. The highest BCUT2D eigenvalue weighted by Gasteiger charge is 2.27. The van der Waals surface area contributed by atoms with Crippen molar-refractivity contribution in [1.29, 1.82) is 0 Å². The second-order valence-corrected chi connectivity index (χ2v) is 11.3. The molecule has 0 saturated carbocycles. The van der Waals surface area contributed by atoms with E-state index in [4.69, 9.17) is 0 Å². The van der Waals surface area contributed by atoms with Crippen LogP contribution in [-0.2, 0) is 14.8 Å². The van der Waals surface area contributed by atoms with Crippen molar-refractivity contribution < 1.29 is 13.2 Å². The van der Waals surface area contributed by atoms with Crippen LogP contribution in [0.25, 0.3) is 11.0 Å². The minimum absolute atomic E-state index is 0.0150. The van der Waals surface area contributed by atoms with Gasteiger partial charge in [0.1, 0.15) is 5.82 Å². The van der Waals surface area contributed by atoms with Gasteiger partial charge >= 0.3 is 0 Å². The van der Waals surface area contributed by atoms with Gasteiger partial charge in [-0.2, -0.15) is 4.31 Å². The SMILES string of the molecule is Cc1ccc(NC(=O)CS[C@@H](C)c2nc3ccccc3[nH]2)cc1S(=O)(=O)N1CCCCC1. The van der Waals surface area contributed by atoms with Crippen LogP contribution in [0.5, 0.6) is 0 Å². The zero-order valence-corrected chi connectivity index (χ0v) is 19.9. The summed E-state index contributed by atoms with van der Waals surface area (Å²) in [5, 5.41) is 2.86. The van der Waals surface area contributed by atoms with Gasteiger partial charge in [0.25, 0.3) is 0 Å². The zero-order valence-electron chi connectivity index (χ0n) is 18.3. The van der Waals surface area contributed by atoms with Crippen LogP contribution in [0.1, 0.15) is 42.8 Å². The van der Waals surface area contributed by atoms with E-state index >= 15 is 0 Å². The van der Waals surface area contributed by atoms with Crippen molar-refractivity contribution >= 4 is 44.4 Å². The molecule has 2 aromatic carbocycles. The molecule has 4 rings (SSSR count). The summed E-state index contributed by atoms with van der Waals surface area (Å²) in [6.07, 6.45) is 2.83. The number of thioether (sulfide) groups is 1. The average molecular weight is 473 g/mol. The molecule has 0 radical (unpaired) electrons. The second kappa shape index (κ2) is 9.64. The summed E-state index contributed by atoms with van der Waals surface area (Å²) in [6, 6.07) is 12.9. The van der Waals surface area contributed by atoms with E-state index < -0.39 is 10.0 Å². The highest BCUT2D eigenvalue weighted by molar-refractivity contribution is 8.00. The number of carbonyl (C=O) groups is 1. The summed E-state index contributed by atoms with van der Waals surface area (Å²) < 4.78 is 27.7. The third kappa shape index (κ3) is 5.00. The lowest BCUT2D eigenvalue weighted by Crippen LogP contribution is -2.36. The molecule has 2 heterocycles. The molecule has 1 fully saturated rings. The Hall–Kier alpha value is -2.36. The van der Waals surface area contributed by atoms with Crippen LogP contribution in [0.15, 0.2) is 47.4 Å². The largest absolute Gasteiger partial charge is 0.341 e. The second-order valence-electron chi connectivity index (χ2n) is 8.09. The summed E-state index contributed by atoms with van der Waals surface area (Å²) in [5.41, 5.74) is 3.05. The number of amides is 1. The maximum absolute atomic E-state index is 13.1. The number of para-hydroxylation sites is 2. The van der Waals surface area contributed by atoms with Crippen LogP contribution >= 0.6 is 11.8 Å². The van der Waals surface area contributed by atoms with Gasteiger partial charge in [-0.3, -0.25) is 4.79 Å². The van der Waals surface area contributed by atoms with Crippen molar-refractivity contribution in [2.75, 3.05) is 24.2 Å². The molecule has 32 heavy (non-hydrogen) atoms. The van der Waals surface area contributed by atoms with E-state index in [0.717, 1.165) is 36.1 Å². The van der Waals surface area contributed by atoms with Gasteiger partial charge in [0.05, 0.1) is 26.9 Å². The molecular weight excluding hydrogens is 444 g/mol. The van der Waals surface area contributed by atoms with Crippen molar-refractivity contribution in [1.82, 2.24) is 14.3 Å². The fraction of sp³-hybridized carbons (Fsp3) is 0.391. The number of imidazole rings is 1. The number of nitrogens with zero attached hydrogens (tertiary/aromatic N) is 2. The predicted molar refractivity (Wildman–Crippen MR) is 129 cm³/mol. The molecule has 1 atom stereocenters. The first-order valence-electron chi connectivity index (χ1n) is 10.8. The third-order valence-electron chi connectivity index (χ3n) is 5.66. The van der Waals surface area contributed by atoms with Crippen molar-refractivity contribution in [2.24, 2.45) is 0 Å². The van der Waals surface area contributed by atoms with E-state index in [2.05, 4.69) is 15.3 Å². The Morgan fingerprint density at radius 3 is 2.69 bits per heavy atom. The minimum atomic E-state index is -3.56. The molecular formula is C23H28N4O3S2. The number of sulfonamides is 1. The number of aromatic amines is 1. The monoisotopic (exact) mass is 472 g/mol. The van der Waals surface area contributed by atoms with E-state index in [1.807, 2.05) is 31.2 Å². The Balaban J connectivity index is 1.40. The van der Waals surface area contributed by atoms with Crippen LogP contribution in [0.4, 0.5) is 5.69 Å². The molecule has 1 aliphatic heterocycles. The number of anilines is 1. The molecule has 7 nitrogen and oxygen atoms in total. The Kier molecular flexibility index (Phi) is 6.88. The van der Waals surface area contributed by atoms with E-state index in [9.17, 15) is 13.2 Å². The first kappa shape index (κ1) is 22.8. The lowest BCUT2D eigenvalue weighted by Gasteiger charge is -2.26. The van der Waals surface area contributed by atoms with Gasteiger partial charge in [-0.15, -0.1) is 11.8 Å². The molecule has 1 amide bonds. The molecule has 0 aliphatic carbocycles. The van der Waals surface area contributed by atoms with Gasteiger partial charge < -0.3 is 10.3 Å². The minimum Gasteiger partial charge on any atom is -0.341 e. The lowest BCUT2D eigenvalue weighted by atomic mass is 10.2. The average Bonchev–Trinajstić information content (AvgIpc) is 3.24. The number of carbonyl (C=O) groups excluding carboxylic acids is 1. The number of fused-ring (bicyclic) bond motifs is 1. The maximum atomic E-state index is 13.1. The summed E-state index contributed by atoms with van der Waals surface area (Å²) in [5.74, 6) is 0.887. The van der Waals surface area contributed by atoms with Gasteiger partial charge in [-0.05, 0) is 56.5 Å². The Morgan fingerprint density at radius 2 is 1.94 bits per heavy atom. The molecule has 3 aromatic rings. The molecule has 9 heteroatoms. The molecule has 1 aliphatic rings. The fourth-order valence-electron chi connectivity index (χ4n) is 3.84. The van der Waals surface area contributed by atoms with Crippen molar-refractivity contribution in [3.8, 4) is 0 Å². The van der Waals surface area contributed by atoms with Gasteiger partial charge in [0, 0.05) is 18.8 Å². The number of piperidine rings is 1. The van der Waals surface area contributed by atoms with Gasteiger partial charge in [0.15, 0.2) is 0 Å². The summed E-state index contributed by atoms with van der Waals surface area (Å²) in [7, 11) is -3.56. The van der Waals surface area contributed by atoms with E-state index in [-0.39, 0.29) is 21.8 Å². The Bertz CT molecular complexity index is 1180. The molecule has 0 bridgehead atoms. The predicted octanol–water partition coefficient (Wildman–Crippen LogP) is 4.48. The Morgan fingerprint density at radius 1 is 1.19 bits per heavy atom. The molecule has 2 N–H and O–H groups in total. The van der Waals surface area contributed by atoms with Crippen LogP contribution in [-0.4, -0.2) is 47.4 Å². The fourth-order valence-corrected chi connectivity index (χ4v) is 6.35. The van der Waals surface area contributed by atoms with E-state index in [0.29, 0.717) is 24.3 Å².